The molecule has 172 valence electrons. The summed E-state index contributed by atoms with van der Waals surface area (Å²) >= 11 is 1.28. The van der Waals surface area contributed by atoms with E-state index in [4.69, 9.17) is 13.9 Å². The van der Waals surface area contributed by atoms with E-state index >= 15 is 0 Å². The zero-order valence-corrected chi connectivity index (χ0v) is 19.0. The van der Waals surface area contributed by atoms with Crippen LogP contribution in [0.4, 0.5) is 5.69 Å². The first-order valence-electron chi connectivity index (χ1n) is 10.4. The molecule has 4 aromatic rings. The number of methoxy groups -OCH3 is 1. The lowest BCUT2D eigenvalue weighted by Gasteiger charge is -2.18. The van der Waals surface area contributed by atoms with Crippen molar-refractivity contribution in [1.29, 1.82) is 0 Å². The molecule has 0 fully saturated rings. The van der Waals surface area contributed by atoms with Gasteiger partial charge in [0.15, 0.2) is 23.4 Å². The van der Waals surface area contributed by atoms with Crippen molar-refractivity contribution in [3.8, 4) is 22.9 Å². The van der Waals surface area contributed by atoms with E-state index in [0.717, 1.165) is 11.3 Å². The van der Waals surface area contributed by atoms with Crippen LogP contribution in [-0.2, 0) is 11.3 Å². The van der Waals surface area contributed by atoms with Crippen molar-refractivity contribution in [2.24, 2.45) is 0 Å². The topological polar surface area (TPSA) is 108 Å². The van der Waals surface area contributed by atoms with Gasteiger partial charge in [0.2, 0.25) is 0 Å². The van der Waals surface area contributed by atoms with Gasteiger partial charge in [-0.25, -0.2) is 0 Å². The quantitative estimate of drug-likeness (QED) is 0.301. The number of amides is 1. The Morgan fingerprint density at radius 1 is 1.18 bits per heavy atom. The average molecular weight is 477 g/mol. The van der Waals surface area contributed by atoms with E-state index in [1.165, 1.54) is 11.8 Å². The maximum Gasteiger partial charge on any atom is 0.262 e. The maximum atomic E-state index is 12.9. The minimum absolute atomic E-state index is 0.0317. The van der Waals surface area contributed by atoms with Gasteiger partial charge in [-0.3, -0.25) is 14.2 Å². The summed E-state index contributed by atoms with van der Waals surface area (Å²) < 4.78 is 18.3. The standard InChI is InChI=1S/C24H20N4O5S/c1-31-20-7-3-2-6-17(20)23-26-27-24(28(23)12-16-5-4-10-32-16)34-14-19(29)15-8-9-21-18(11-15)25-22(30)13-33-21/h2-11H,12-14H2,1H3,(H,25,30). The van der Waals surface area contributed by atoms with E-state index in [-0.39, 0.29) is 24.1 Å². The molecule has 0 bridgehead atoms. The molecule has 0 spiro atoms. The summed E-state index contributed by atoms with van der Waals surface area (Å²) in [6, 6.07) is 16.2. The largest absolute Gasteiger partial charge is 0.496 e. The van der Waals surface area contributed by atoms with Crippen LogP contribution in [-0.4, -0.2) is 45.9 Å². The number of rotatable bonds is 8. The molecule has 2 aromatic carbocycles. The third-order valence-corrected chi connectivity index (χ3v) is 6.19. The molecule has 1 aliphatic heterocycles. The molecule has 5 rings (SSSR count). The van der Waals surface area contributed by atoms with Crippen molar-refractivity contribution in [2.75, 3.05) is 24.8 Å². The number of hydrogen-bond acceptors (Lipinski definition) is 8. The lowest BCUT2D eigenvalue weighted by atomic mass is 10.1. The van der Waals surface area contributed by atoms with Crippen LogP contribution < -0.4 is 14.8 Å². The maximum absolute atomic E-state index is 12.9. The SMILES string of the molecule is COc1ccccc1-c1nnc(SCC(=O)c2ccc3c(c2)NC(=O)CO3)n1Cc1ccco1. The number of carbonyl (C=O) groups excluding carboxylic acids is 2. The van der Waals surface area contributed by atoms with E-state index in [1.807, 2.05) is 41.0 Å². The minimum atomic E-state index is -0.249. The predicted molar refractivity (Wildman–Crippen MR) is 125 cm³/mol. The molecule has 34 heavy (non-hydrogen) atoms. The van der Waals surface area contributed by atoms with Gasteiger partial charge in [0, 0.05) is 5.56 Å². The van der Waals surface area contributed by atoms with Crippen LogP contribution in [0.15, 0.2) is 70.4 Å². The molecule has 10 heteroatoms. The highest BCUT2D eigenvalue weighted by Crippen LogP contribution is 2.32. The Kier molecular flexibility index (Phi) is 6.05. The molecular formula is C24H20N4O5S. The lowest BCUT2D eigenvalue weighted by molar-refractivity contribution is -0.118. The van der Waals surface area contributed by atoms with Crippen LogP contribution in [0.1, 0.15) is 16.1 Å². The number of nitrogens with one attached hydrogen (secondary N) is 1. The second-order valence-corrected chi connectivity index (χ2v) is 8.37. The van der Waals surface area contributed by atoms with E-state index in [9.17, 15) is 9.59 Å². The number of anilines is 1. The van der Waals surface area contributed by atoms with Crippen LogP contribution in [0.25, 0.3) is 11.4 Å². The van der Waals surface area contributed by atoms with Gasteiger partial charge in [-0.2, -0.15) is 0 Å². The Morgan fingerprint density at radius 2 is 2.06 bits per heavy atom. The number of hydrogen-bond donors (Lipinski definition) is 1. The zero-order valence-electron chi connectivity index (χ0n) is 18.2. The molecule has 1 amide bonds. The van der Waals surface area contributed by atoms with Crippen LogP contribution in [0.3, 0.4) is 0 Å². The molecule has 1 aliphatic rings. The smallest absolute Gasteiger partial charge is 0.262 e. The number of benzene rings is 2. The summed E-state index contributed by atoms with van der Waals surface area (Å²) in [4.78, 5) is 24.5. The second kappa shape index (κ2) is 9.44. The van der Waals surface area contributed by atoms with E-state index in [0.29, 0.717) is 40.3 Å². The molecule has 1 N–H and O–H groups in total. The molecule has 3 heterocycles. The number of furan rings is 1. The molecule has 0 saturated carbocycles. The Hall–Kier alpha value is -4.05. The average Bonchev–Trinajstić information content (AvgIpc) is 3.52. The molecule has 9 nitrogen and oxygen atoms in total. The molecule has 0 saturated heterocycles. The summed E-state index contributed by atoms with van der Waals surface area (Å²) in [5.41, 5.74) is 1.75. The highest BCUT2D eigenvalue weighted by Gasteiger charge is 2.21. The number of para-hydroxylation sites is 1. The van der Waals surface area contributed by atoms with Gasteiger partial charge < -0.3 is 19.2 Å². The summed E-state index contributed by atoms with van der Waals surface area (Å²) in [6.45, 7) is 0.363. The van der Waals surface area contributed by atoms with Crippen LogP contribution in [0.2, 0.25) is 0 Å². The van der Waals surface area contributed by atoms with Gasteiger partial charge >= 0.3 is 0 Å². The summed E-state index contributed by atoms with van der Waals surface area (Å²) in [7, 11) is 1.60. The first-order valence-corrected chi connectivity index (χ1v) is 11.4. The molecule has 0 unspecified atom stereocenters. The van der Waals surface area contributed by atoms with Crippen molar-refractivity contribution in [3.05, 3.63) is 72.2 Å². The lowest BCUT2D eigenvalue weighted by Crippen LogP contribution is -2.25. The van der Waals surface area contributed by atoms with E-state index in [2.05, 4.69) is 15.5 Å². The minimum Gasteiger partial charge on any atom is -0.496 e. The molecule has 0 aliphatic carbocycles. The van der Waals surface area contributed by atoms with Gasteiger partial charge in [-0.1, -0.05) is 23.9 Å². The number of ether oxygens (including phenoxy) is 2. The van der Waals surface area contributed by atoms with Crippen molar-refractivity contribution in [3.63, 3.8) is 0 Å². The van der Waals surface area contributed by atoms with Crippen LogP contribution in [0.5, 0.6) is 11.5 Å². The molecular weight excluding hydrogens is 456 g/mol. The fourth-order valence-electron chi connectivity index (χ4n) is 3.60. The Morgan fingerprint density at radius 3 is 2.88 bits per heavy atom. The summed E-state index contributed by atoms with van der Waals surface area (Å²) in [5.74, 6) is 2.33. The Labute approximate surface area is 199 Å². The Balaban J connectivity index is 1.40. The van der Waals surface area contributed by atoms with Gasteiger partial charge in [0.1, 0.15) is 17.3 Å². The van der Waals surface area contributed by atoms with Crippen LogP contribution >= 0.6 is 11.8 Å². The normalized spacial score (nSPS) is 12.6. The zero-order chi connectivity index (χ0) is 23.5. The highest BCUT2D eigenvalue weighted by atomic mass is 32.2. The predicted octanol–water partition coefficient (Wildman–Crippen LogP) is 3.90. The monoisotopic (exact) mass is 476 g/mol. The molecule has 2 aromatic heterocycles. The molecule has 0 radical (unpaired) electrons. The van der Waals surface area contributed by atoms with Crippen molar-refractivity contribution in [2.45, 2.75) is 11.7 Å². The fraction of sp³-hybridized carbons (Fsp3) is 0.167. The number of ketones is 1. The van der Waals surface area contributed by atoms with Gasteiger partial charge in [0.05, 0.1) is 36.9 Å². The number of Topliss-reactive ketones (excluding diaryl/α,β-unsaturated/α-hetero) is 1. The third-order valence-electron chi connectivity index (χ3n) is 5.23. The molecule has 0 atom stereocenters. The summed E-state index contributed by atoms with van der Waals surface area (Å²) in [5, 5.41) is 12.0. The number of nitrogens with zero attached hydrogens (tertiary/aromatic N) is 3. The van der Waals surface area contributed by atoms with Crippen molar-refractivity contribution >= 4 is 29.1 Å². The number of thioether (sulfide) groups is 1. The van der Waals surface area contributed by atoms with E-state index < -0.39 is 0 Å². The Bertz CT molecular complexity index is 1350. The third kappa shape index (κ3) is 4.40. The van der Waals surface area contributed by atoms with Crippen LogP contribution in [0, 0.1) is 0 Å². The first-order chi connectivity index (χ1) is 16.6. The highest BCUT2D eigenvalue weighted by molar-refractivity contribution is 7.99. The fourth-order valence-corrected chi connectivity index (χ4v) is 4.43. The number of carbonyl (C=O) groups is 2. The number of fused-ring (bicyclic) bond motifs is 1. The number of aromatic nitrogens is 3. The van der Waals surface area contributed by atoms with Crippen molar-refractivity contribution in [1.82, 2.24) is 14.8 Å². The van der Waals surface area contributed by atoms with E-state index in [1.54, 1.807) is 31.6 Å². The second-order valence-electron chi connectivity index (χ2n) is 7.43. The van der Waals surface area contributed by atoms with Crippen molar-refractivity contribution < 1.29 is 23.5 Å². The first kappa shape index (κ1) is 21.8. The van der Waals surface area contributed by atoms with Gasteiger partial charge in [-0.15, -0.1) is 10.2 Å². The van der Waals surface area contributed by atoms with Gasteiger partial charge in [-0.05, 0) is 42.5 Å². The van der Waals surface area contributed by atoms with Gasteiger partial charge in [0.25, 0.3) is 5.91 Å². The summed E-state index contributed by atoms with van der Waals surface area (Å²) in [6.07, 6.45) is 1.61.